The number of ketones is 1. The van der Waals surface area contributed by atoms with Crippen LogP contribution in [-0.2, 0) is 24.3 Å². The Kier molecular flexibility index (Phi) is 4.99. The van der Waals surface area contributed by atoms with Crippen molar-refractivity contribution in [2.24, 2.45) is 0 Å². The third-order valence-corrected chi connectivity index (χ3v) is 7.34. The first-order chi connectivity index (χ1) is 17.3. The highest BCUT2D eigenvalue weighted by atomic mass is 32.2. The standard InChI is InChI=1S/C21H18N8O6S/c22-19-12-9-15-13(10-14(12)35-26-19)24-20(27-36(15,32)33)17(30)18-21(31)28(7-8-34-18)16-3-6-29(25-16)11-1-4-23-5-2-11/h1-6,9-10,18,20,24,27H,7-8H2,(H2,22,26)/t18-,20?/m1/s1. The van der Waals surface area contributed by atoms with E-state index in [4.69, 9.17) is 15.0 Å². The topological polar surface area (TPSA) is 188 Å². The van der Waals surface area contributed by atoms with E-state index in [-0.39, 0.29) is 35.1 Å². The third-order valence-electron chi connectivity index (χ3n) is 5.87. The number of hydrogen-bond donors (Lipinski definition) is 3. The Morgan fingerprint density at radius 2 is 2.00 bits per heavy atom. The van der Waals surface area contributed by atoms with E-state index in [0.717, 1.165) is 5.69 Å². The lowest BCUT2D eigenvalue weighted by atomic mass is 10.1. The Labute approximate surface area is 203 Å². The van der Waals surface area contributed by atoms with E-state index in [2.05, 4.69) is 25.3 Å². The fourth-order valence-corrected chi connectivity index (χ4v) is 5.41. The molecule has 6 rings (SSSR count). The predicted molar refractivity (Wildman–Crippen MR) is 125 cm³/mol. The average molecular weight is 510 g/mol. The zero-order chi connectivity index (χ0) is 25.0. The molecule has 4 N–H and O–H groups in total. The number of sulfonamides is 1. The summed E-state index contributed by atoms with van der Waals surface area (Å²) in [7, 11) is -4.13. The zero-order valence-electron chi connectivity index (χ0n) is 18.4. The quantitative estimate of drug-likeness (QED) is 0.314. The van der Waals surface area contributed by atoms with Gasteiger partial charge < -0.3 is 20.3 Å². The number of fused-ring (bicyclic) bond motifs is 2. The summed E-state index contributed by atoms with van der Waals surface area (Å²) in [5.74, 6) is -1.10. The van der Waals surface area contributed by atoms with Crippen LogP contribution in [0.5, 0.6) is 0 Å². The molecule has 1 amide bonds. The molecule has 1 fully saturated rings. The molecule has 184 valence electrons. The van der Waals surface area contributed by atoms with Crippen LogP contribution in [0.2, 0.25) is 0 Å². The predicted octanol–water partition coefficient (Wildman–Crippen LogP) is 0.0217. The molecule has 0 aliphatic carbocycles. The Hall–Kier alpha value is -4.34. The summed E-state index contributed by atoms with van der Waals surface area (Å²) in [5, 5.41) is 11.2. The van der Waals surface area contributed by atoms with Crippen LogP contribution in [0.25, 0.3) is 16.7 Å². The van der Waals surface area contributed by atoms with E-state index >= 15 is 0 Å². The van der Waals surface area contributed by atoms with Gasteiger partial charge in [-0.1, -0.05) is 5.16 Å². The van der Waals surface area contributed by atoms with Gasteiger partial charge in [0, 0.05) is 30.7 Å². The molecule has 0 bridgehead atoms. The molecule has 1 unspecified atom stereocenters. The first-order valence-corrected chi connectivity index (χ1v) is 12.2. The fourth-order valence-electron chi connectivity index (χ4n) is 4.12. The van der Waals surface area contributed by atoms with Crippen molar-refractivity contribution in [1.82, 2.24) is 24.6 Å². The summed E-state index contributed by atoms with van der Waals surface area (Å²) in [6.07, 6.45) is 1.91. The number of pyridine rings is 1. The summed E-state index contributed by atoms with van der Waals surface area (Å²) in [6.45, 7) is 0.228. The molecule has 5 heterocycles. The number of aromatic nitrogens is 4. The molecule has 1 saturated heterocycles. The summed E-state index contributed by atoms with van der Waals surface area (Å²) in [6, 6.07) is 7.83. The number of rotatable bonds is 4. The number of carbonyl (C=O) groups excluding carboxylic acids is 2. The molecule has 2 atom stereocenters. The van der Waals surface area contributed by atoms with Crippen molar-refractivity contribution in [2.45, 2.75) is 17.2 Å². The third kappa shape index (κ3) is 3.57. The number of amides is 1. The minimum Gasteiger partial charge on any atom is -0.380 e. The van der Waals surface area contributed by atoms with E-state index in [1.807, 2.05) is 0 Å². The molecule has 3 aromatic heterocycles. The van der Waals surface area contributed by atoms with Gasteiger partial charge in [0.1, 0.15) is 4.90 Å². The number of nitrogens with one attached hydrogen (secondary N) is 2. The second-order valence-electron chi connectivity index (χ2n) is 8.08. The number of anilines is 3. The molecule has 15 heteroatoms. The van der Waals surface area contributed by atoms with Gasteiger partial charge in [-0.2, -0.15) is 4.72 Å². The summed E-state index contributed by atoms with van der Waals surface area (Å²) >= 11 is 0. The fraction of sp³-hybridized carbons (Fsp3) is 0.190. The van der Waals surface area contributed by atoms with Gasteiger partial charge in [-0.25, -0.2) is 13.1 Å². The van der Waals surface area contributed by atoms with Crippen molar-refractivity contribution in [1.29, 1.82) is 0 Å². The van der Waals surface area contributed by atoms with E-state index in [0.29, 0.717) is 11.2 Å². The maximum absolute atomic E-state index is 13.3. The Bertz CT molecular complexity index is 1620. The molecule has 2 aliphatic heterocycles. The van der Waals surface area contributed by atoms with Gasteiger partial charge in [0.25, 0.3) is 5.91 Å². The number of hydrogen-bond acceptors (Lipinski definition) is 11. The van der Waals surface area contributed by atoms with Gasteiger partial charge in [-0.05, 0) is 18.2 Å². The van der Waals surface area contributed by atoms with E-state index in [9.17, 15) is 18.0 Å². The Morgan fingerprint density at radius 1 is 1.19 bits per heavy atom. The zero-order valence-corrected chi connectivity index (χ0v) is 19.2. The van der Waals surface area contributed by atoms with Crippen LogP contribution in [0, 0.1) is 0 Å². The van der Waals surface area contributed by atoms with Gasteiger partial charge in [0.05, 0.1) is 29.9 Å². The van der Waals surface area contributed by atoms with Crippen LogP contribution < -0.4 is 20.7 Å². The van der Waals surface area contributed by atoms with Crippen LogP contribution in [0.3, 0.4) is 0 Å². The van der Waals surface area contributed by atoms with Gasteiger partial charge in [-0.3, -0.25) is 19.5 Å². The molecule has 36 heavy (non-hydrogen) atoms. The van der Waals surface area contributed by atoms with Crippen LogP contribution in [0.15, 0.2) is 58.3 Å². The molecule has 0 saturated carbocycles. The number of nitrogens with zero attached hydrogens (tertiary/aromatic N) is 5. The van der Waals surface area contributed by atoms with Crippen molar-refractivity contribution < 1.29 is 27.3 Å². The number of morpholine rings is 1. The van der Waals surface area contributed by atoms with Crippen molar-refractivity contribution in [3.8, 4) is 5.69 Å². The highest BCUT2D eigenvalue weighted by Crippen LogP contribution is 2.33. The lowest BCUT2D eigenvalue weighted by Crippen LogP contribution is -2.59. The van der Waals surface area contributed by atoms with Crippen molar-refractivity contribution in [3.05, 3.63) is 48.9 Å². The number of nitrogen functional groups attached to an aromatic ring is 1. The molecule has 4 aromatic rings. The van der Waals surface area contributed by atoms with Gasteiger partial charge in [0.15, 0.2) is 29.5 Å². The number of carbonyl (C=O) groups is 2. The maximum Gasteiger partial charge on any atom is 0.265 e. The van der Waals surface area contributed by atoms with Crippen molar-refractivity contribution >= 4 is 50.0 Å². The number of Topliss-reactive ketones (excluding diaryl/α,β-unsaturated/α-hetero) is 1. The molecule has 2 aliphatic rings. The second-order valence-corrected chi connectivity index (χ2v) is 9.76. The Morgan fingerprint density at radius 3 is 2.81 bits per heavy atom. The molecule has 0 spiro atoms. The smallest absolute Gasteiger partial charge is 0.265 e. The van der Waals surface area contributed by atoms with Crippen molar-refractivity contribution in [3.63, 3.8) is 0 Å². The highest BCUT2D eigenvalue weighted by Gasteiger charge is 2.43. The number of benzene rings is 1. The second kappa shape index (κ2) is 8.11. The molecule has 1 aromatic carbocycles. The first-order valence-electron chi connectivity index (χ1n) is 10.7. The van der Waals surface area contributed by atoms with E-state index in [1.54, 1.807) is 41.5 Å². The summed E-state index contributed by atoms with van der Waals surface area (Å²) in [4.78, 5) is 31.7. The summed E-state index contributed by atoms with van der Waals surface area (Å²) < 4.78 is 40.2. The average Bonchev–Trinajstić information content (AvgIpc) is 3.50. The van der Waals surface area contributed by atoms with E-state index in [1.165, 1.54) is 17.0 Å². The first kappa shape index (κ1) is 22.1. The minimum absolute atomic E-state index is 0.0360. The van der Waals surface area contributed by atoms with Gasteiger partial charge >= 0.3 is 0 Å². The van der Waals surface area contributed by atoms with Crippen LogP contribution in [0.1, 0.15) is 0 Å². The van der Waals surface area contributed by atoms with E-state index < -0.39 is 34.0 Å². The molecular formula is C21H18N8O6S. The van der Waals surface area contributed by atoms with Gasteiger partial charge in [-0.15, -0.1) is 5.10 Å². The number of nitrogens with two attached hydrogens (primary N) is 1. The van der Waals surface area contributed by atoms with Crippen LogP contribution in [0.4, 0.5) is 17.3 Å². The van der Waals surface area contributed by atoms with Crippen LogP contribution >= 0.6 is 0 Å². The normalized spacial score (nSPS) is 21.2. The van der Waals surface area contributed by atoms with Gasteiger partial charge in [0.2, 0.25) is 15.8 Å². The minimum atomic E-state index is -4.13. The molecule has 14 nitrogen and oxygen atoms in total. The maximum atomic E-state index is 13.3. The number of ether oxygens (including phenoxy) is 1. The largest absolute Gasteiger partial charge is 0.380 e. The SMILES string of the molecule is Nc1noc2cc3c(cc12)S(=O)(=O)NC(C(=O)[C@H]1OCCN(c2ccn(-c4ccncc4)n2)C1=O)N3. The molecule has 0 radical (unpaired) electrons. The van der Waals surface area contributed by atoms with Crippen molar-refractivity contribution in [2.75, 3.05) is 29.1 Å². The Balaban J connectivity index is 1.26. The highest BCUT2D eigenvalue weighted by molar-refractivity contribution is 7.89. The lowest BCUT2D eigenvalue weighted by Gasteiger charge is -2.33. The van der Waals surface area contributed by atoms with Crippen LogP contribution in [-0.4, -0.2) is 65.5 Å². The molecular weight excluding hydrogens is 492 g/mol. The summed E-state index contributed by atoms with van der Waals surface area (Å²) in [5.41, 5.74) is 6.80. The lowest BCUT2D eigenvalue weighted by molar-refractivity contribution is -0.146. The monoisotopic (exact) mass is 510 g/mol.